The number of nitrogens with one attached hydrogen (secondary N) is 2. The van der Waals surface area contributed by atoms with Crippen LogP contribution in [0.25, 0.3) is 0 Å². The second-order valence-corrected chi connectivity index (χ2v) is 4.36. The first-order chi connectivity index (χ1) is 8.22. The molecule has 0 aliphatic rings. The first kappa shape index (κ1) is 13.8. The molecule has 0 aliphatic carbocycles. The van der Waals surface area contributed by atoms with Crippen LogP contribution in [-0.4, -0.2) is 31.3 Å². The Morgan fingerprint density at radius 1 is 1.35 bits per heavy atom. The van der Waals surface area contributed by atoms with Crippen LogP contribution in [0, 0.1) is 5.92 Å². The zero-order valence-electron chi connectivity index (χ0n) is 11.0. The van der Waals surface area contributed by atoms with Gasteiger partial charge in [0.15, 0.2) is 0 Å². The molecule has 0 fully saturated rings. The van der Waals surface area contributed by atoms with Gasteiger partial charge in [-0.15, -0.1) is 0 Å². The summed E-state index contributed by atoms with van der Waals surface area (Å²) < 4.78 is 5.50. The monoisotopic (exact) mass is 237 g/mol. The molecule has 0 radical (unpaired) electrons. The first-order valence-corrected chi connectivity index (χ1v) is 6.24. The molecule has 0 unspecified atom stereocenters. The van der Waals surface area contributed by atoms with Gasteiger partial charge in [-0.3, -0.25) is 0 Å². The number of aromatic nitrogens is 1. The van der Waals surface area contributed by atoms with Gasteiger partial charge in [0.05, 0.1) is 6.61 Å². The summed E-state index contributed by atoms with van der Waals surface area (Å²) in [6.45, 7) is 9.62. The molecular formula is C13H23N3O. The van der Waals surface area contributed by atoms with Crippen molar-refractivity contribution in [3.63, 3.8) is 0 Å². The van der Waals surface area contributed by atoms with E-state index >= 15 is 0 Å². The Labute approximate surface area is 104 Å². The second kappa shape index (κ2) is 7.90. The van der Waals surface area contributed by atoms with Gasteiger partial charge in [0.25, 0.3) is 0 Å². The molecule has 0 atom stereocenters. The maximum Gasteiger partial charge on any atom is 0.127 e. The lowest BCUT2D eigenvalue weighted by atomic mass is 10.2. The summed E-state index contributed by atoms with van der Waals surface area (Å²) in [6.07, 6.45) is 1.80. The van der Waals surface area contributed by atoms with Crippen LogP contribution in [0.3, 0.4) is 0 Å². The maximum absolute atomic E-state index is 5.50. The third kappa shape index (κ3) is 6.12. The number of rotatable bonds is 8. The van der Waals surface area contributed by atoms with Crippen molar-refractivity contribution in [1.29, 1.82) is 0 Å². The molecule has 0 saturated carbocycles. The summed E-state index contributed by atoms with van der Waals surface area (Å²) in [5, 5.41) is 6.49. The van der Waals surface area contributed by atoms with Gasteiger partial charge < -0.3 is 15.4 Å². The Morgan fingerprint density at radius 3 is 2.88 bits per heavy atom. The van der Waals surface area contributed by atoms with Gasteiger partial charge in [-0.2, -0.15) is 0 Å². The van der Waals surface area contributed by atoms with E-state index in [1.807, 2.05) is 12.1 Å². The molecule has 1 aromatic rings. The van der Waals surface area contributed by atoms with E-state index in [-0.39, 0.29) is 0 Å². The zero-order chi connectivity index (χ0) is 12.5. The van der Waals surface area contributed by atoms with Crippen molar-refractivity contribution < 1.29 is 4.74 Å². The molecule has 4 heteroatoms. The number of pyridine rings is 1. The minimum absolute atomic E-state index is 0.594. The van der Waals surface area contributed by atoms with Crippen LogP contribution in [0.5, 0.6) is 0 Å². The molecule has 1 aromatic heterocycles. The van der Waals surface area contributed by atoms with Crippen molar-refractivity contribution in [2.24, 2.45) is 5.92 Å². The highest BCUT2D eigenvalue weighted by atomic mass is 16.5. The maximum atomic E-state index is 5.50. The zero-order valence-corrected chi connectivity index (χ0v) is 11.0. The Morgan fingerprint density at radius 2 is 2.18 bits per heavy atom. The van der Waals surface area contributed by atoms with E-state index in [0.717, 1.165) is 37.8 Å². The number of anilines is 2. The molecule has 0 spiro atoms. The van der Waals surface area contributed by atoms with Crippen LogP contribution in [0.1, 0.15) is 20.8 Å². The fraction of sp³-hybridized carbons (Fsp3) is 0.615. The quantitative estimate of drug-likeness (QED) is 0.682. The lowest BCUT2D eigenvalue weighted by molar-refractivity contribution is 0.118. The van der Waals surface area contributed by atoms with E-state index in [1.165, 1.54) is 0 Å². The molecular weight excluding hydrogens is 214 g/mol. The minimum Gasteiger partial charge on any atom is -0.383 e. The normalized spacial score (nSPS) is 10.6. The predicted molar refractivity (Wildman–Crippen MR) is 72.5 cm³/mol. The van der Waals surface area contributed by atoms with E-state index in [9.17, 15) is 0 Å². The molecule has 0 amide bonds. The highest BCUT2D eigenvalue weighted by Gasteiger charge is 1.96. The van der Waals surface area contributed by atoms with Gasteiger partial charge in [0.1, 0.15) is 5.82 Å². The summed E-state index contributed by atoms with van der Waals surface area (Å²) >= 11 is 0. The summed E-state index contributed by atoms with van der Waals surface area (Å²) in [5.41, 5.74) is 1.07. The Bertz CT molecular complexity index is 315. The lowest BCUT2D eigenvalue weighted by Gasteiger charge is -2.10. The molecule has 1 heterocycles. The molecule has 0 saturated heterocycles. The Balaban J connectivity index is 2.24. The largest absolute Gasteiger partial charge is 0.383 e. The second-order valence-electron chi connectivity index (χ2n) is 4.36. The number of ether oxygens (including phenoxy) is 1. The fourth-order valence-corrected chi connectivity index (χ4v) is 1.40. The smallest absolute Gasteiger partial charge is 0.127 e. The van der Waals surface area contributed by atoms with Crippen molar-refractivity contribution in [2.45, 2.75) is 20.8 Å². The summed E-state index contributed by atoms with van der Waals surface area (Å²) in [5.74, 6) is 1.50. The number of nitrogens with zero attached hydrogens (tertiary/aromatic N) is 1. The van der Waals surface area contributed by atoms with Gasteiger partial charge in [0, 0.05) is 37.6 Å². The third-order valence-corrected chi connectivity index (χ3v) is 2.14. The first-order valence-electron chi connectivity index (χ1n) is 6.24. The Kier molecular flexibility index (Phi) is 6.40. The Hall–Kier alpha value is -1.29. The van der Waals surface area contributed by atoms with Crippen LogP contribution in [0.4, 0.5) is 11.5 Å². The summed E-state index contributed by atoms with van der Waals surface area (Å²) in [4.78, 5) is 4.21. The minimum atomic E-state index is 0.594. The van der Waals surface area contributed by atoms with E-state index in [4.69, 9.17) is 4.74 Å². The lowest BCUT2D eigenvalue weighted by Crippen LogP contribution is -2.12. The fourth-order valence-electron chi connectivity index (χ4n) is 1.40. The average molecular weight is 237 g/mol. The van der Waals surface area contributed by atoms with E-state index < -0.39 is 0 Å². The van der Waals surface area contributed by atoms with Crippen LogP contribution >= 0.6 is 0 Å². The van der Waals surface area contributed by atoms with E-state index in [2.05, 4.69) is 36.4 Å². The molecule has 4 nitrogen and oxygen atoms in total. The van der Waals surface area contributed by atoms with Gasteiger partial charge in [-0.1, -0.05) is 13.8 Å². The number of hydrogen-bond donors (Lipinski definition) is 2. The SMILES string of the molecule is CCNc1cc(NCCOCC(C)C)ccn1. The van der Waals surface area contributed by atoms with Gasteiger partial charge in [-0.25, -0.2) is 4.98 Å². The number of hydrogen-bond acceptors (Lipinski definition) is 4. The molecule has 0 aliphatic heterocycles. The molecule has 17 heavy (non-hydrogen) atoms. The average Bonchev–Trinajstić information content (AvgIpc) is 2.29. The van der Waals surface area contributed by atoms with Gasteiger partial charge in [-0.05, 0) is 18.9 Å². The molecule has 2 N–H and O–H groups in total. The topological polar surface area (TPSA) is 46.2 Å². The summed E-state index contributed by atoms with van der Waals surface area (Å²) in [6, 6.07) is 3.97. The van der Waals surface area contributed by atoms with Crippen molar-refractivity contribution in [3.8, 4) is 0 Å². The third-order valence-electron chi connectivity index (χ3n) is 2.14. The van der Waals surface area contributed by atoms with Crippen molar-refractivity contribution >= 4 is 11.5 Å². The molecule has 1 rings (SSSR count). The summed E-state index contributed by atoms with van der Waals surface area (Å²) in [7, 11) is 0. The van der Waals surface area contributed by atoms with Gasteiger partial charge >= 0.3 is 0 Å². The van der Waals surface area contributed by atoms with Crippen LogP contribution in [0.2, 0.25) is 0 Å². The highest BCUT2D eigenvalue weighted by molar-refractivity contribution is 5.51. The van der Waals surface area contributed by atoms with Crippen LogP contribution in [-0.2, 0) is 4.74 Å². The van der Waals surface area contributed by atoms with Crippen LogP contribution in [0.15, 0.2) is 18.3 Å². The standard InChI is InChI=1S/C13H23N3O/c1-4-14-13-9-12(5-6-16-13)15-7-8-17-10-11(2)3/h5-6,9,11H,4,7-8,10H2,1-3H3,(H2,14,15,16). The molecule has 0 bridgehead atoms. The highest BCUT2D eigenvalue weighted by Crippen LogP contribution is 2.11. The van der Waals surface area contributed by atoms with E-state index in [0.29, 0.717) is 5.92 Å². The van der Waals surface area contributed by atoms with Crippen molar-refractivity contribution in [1.82, 2.24) is 4.98 Å². The van der Waals surface area contributed by atoms with E-state index in [1.54, 1.807) is 6.20 Å². The molecule has 96 valence electrons. The van der Waals surface area contributed by atoms with Crippen molar-refractivity contribution in [2.75, 3.05) is 36.9 Å². The van der Waals surface area contributed by atoms with Gasteiger partial charge in [0.2, 0.25) is 0 Å². The molecule has 0 aromatic carbocycles. The van der Waals surface area contributed by atoms with Crippen molar-refractivity contribution in [3.05, 3.63) is 18.3 Å². The van der Waals surface area contributed by atoms with Crippen LogP contribution < -0.4 is 10.6 Å². The predicted octanol–water partition coefficient (Wildman–Crippen LogP) is 2.60.